The molecule has 173 valence electrons. The monoisotopic (exact) mass is 459 g/mol. The first-order valence-electron chi connectivity index (χ1n) is 10.7. The molecule has 4 N–H and O–H groups in total. The summed E-state index contributed by atoms with van der Waals surface area (Å²) >= 11 is 0. The topological polar surface area (TPSA) is 132 Å². The summed E-state index contributed by atoms with van der Waals surface area (Å²) in [5, 5.41) is 20.0. The van der Waals surface area contributed by atoms with Gasteiger partial charge in [-0.2, -0.15) is 0 Å². The number of aliphatic carboxylic acids is 2. The molecule has 0 fully saturated rings. The molecule has 0 aromatic carbocycles. The van der Waals surface area contributed by atoms with E-state index in [9.17, 15) is 19.8 Å². The van der Waals surface area contributed by atoms with Crippen molar-refractivity contribution >= 4 is 11.9 Å². The average molecular weight is 460 g/mol. The van der Waals surface area contributed by atoms with Gasteiger partial charge in [-0.1, -0.05) is 63.5 Å². The number of carbonyl (C=O) groups excluding carboxylic acids is 2. The van der Waals surface area contributed by atoms with Crippen molar-refractivity contribution in [3.63, 3.8) is 0 Å². The first-order chi connectivity index (χ1) is 13.5. The Balaban J connectivity index is -0.000000451. The van der Waals surface area contributed by atoms with Crippen molar-refractivity contribution in [2.45, 2.75) is 89.9 Å². The van der Waals surface area contributed by atoms with Crippen LogP contribution in [0, 0.1) is 0 Å². The summed E-state index contributed by atoms with van der Waals surface area (Å²) in [4.78, 5) is 20.0. The number of unbranched alkanes of at least 4 members (excludes halogenated alkanes) is 12. The zero-order chi connectivity index (χ0) is 21.3. The number of nitrogens with two attached hydrogens (primary N) is 2. The molecule has 0 bridgehead atoms. The second-order valence-electron chi connectivity index (χ2n) is 6.84. The molecule has 29 heavy (non-hydrogen) atoms. The summed E-state index contributed by atoms with van der Waals surface area (Å²) in [5.41, 5.74) is 10.7. The first kappa shape index (κ1) is 32.5. The third-order valence-electron chi connectivity index (χ3n) is 4.16. The Morgan fingerprint density at radius 1 is 0.552 bits per heavy atom. The Hall–Kier alpha value is -1.14. The van der Waals surface area contributed by atoms with Crippen molar-refractivity contribution in [2.75, 3.05) is 13.1 Å². The van der Waals surface area contributed by atoms with Crippen LogP contribution in [0.5, 0.6) is 0 Å². The molecule has 6 nitrogen and oxygen atoms in total. The normalized spacial score (nSPS) is 10.6. The van der Waals surface area contributed by atoms with Crippen LogP contribution in [0.15, 0.2) is 24.3 Å². The zero-order valence-electron chi connectivity index (χ0n) is 17.7. The van der Waals surface area contributed by atoms with E-state index in [4.69, 9.17) is 11.5 Å². The van der Waals surface area contributed by atoms with Crippen LogP contribution in [0.25, 0.3) is 0 Å². The molecule has 1 radical (unpaired) electrons. The summed E-state index contributed by atoms with van der Waals surface area (Å²) in [5.74, 6) is -2.21. The Labute approximate surface area is 187 Å². The van der Waals surface area contributed by atoms with Gasteiger partial charge in [0.25, 0.3) is 0 Å². The third kappa shape index (κ3) is 38.1. The van der Waals surface area contributed by atoms with E-state index in [1.807, 2.05) is 0 Å². The predicted molar refractivity (Wildman–Crippen MR) is 111 cm³/mol. The van der Waals surface area contributed by atoms with Gasteiger partial charge in [-0.3, -0.25) is 0 Å². The molecule has 0 aliphatic rings. The number of allylic oxidation sites excluding steroid dienone is 2. The molecule has 0 aliphatic carbocycles. The Bertz CT molecular complexity index is 378. The fraction of sp³-hybridized carbons (Fsp3) is 0.727. The van der Waals surface area contributed by atoms with Crippen molar-refractivity contribution in [1.82, 2.24) is 0 Å². The molecular weight excluding hydrogens is 420 g/mol. The van der Waals surface area contributed by atoms with Crippen LogP contribution in [0.1, 0.15) is 89.9 Å². The molecule has 0 saturated carbocycles. The number of carboxylic acids is 2. The van der Waals surface area contributed by atoms with E-state index in [1.54, 1.807) is 12.2 Å². The van der Waals surface area contributed by atoms with Crippen LogP contribution < -0.4 is 21.7 Å². The molecule has 0 rings (SSSR count). The van der Waals surface area contributed by atoms with Gasteiger partial charge in [0.1, 0.15) is 0 Å². The van der Waals surface area contributed by atoms with Gasteiger partial charge in [-0.25, -0.2) is 0 Å². The number of hydrogen-bond acceptors (Lipinski definition) is 6. The van der Waals surface area contributed by atoms with Gasteiger partial charge in [-0.15, -0.1) is 0 Å². The maximum atomic E-state index is 10.00. The largest absolute Gasteiger partial charge is 2.00 e. The molecule has 7 heteroatoms. The summed E-state index contributed by atoms with van der Waals surface area (Å²) in [6.07, 6.45) is 21.2. The van der Waals surface area contributed by atoms with Crippen LogP contribution in [-0.4, -0.2) is 25.0 Å². The molecule has 0 atom stereocenters. The van der Waals surface area contributed by atoms with E-state index in [-0.39, 0.29) is 17.1 Å². The van der Waals surface area contributed by atoms with Crippen molar-refractivity contribution < 1.29 is 36.9 Å². The fourth-order valence-electron chi connectivity index (χ4n) is 2.59. The van der Waals surface area contributed by atoms with E-state index in [0.717, 1.165) is 63.8 Å². The minimum Gasteiger partial charge on any atom is -0.545 e. The van der Waals surface area contributed by atoms with Gasteiger partial charge in [0.05, 0.1) is 11.9 Å². The molecule has 0 spiro atoms. The number of hydrogen-bond donors (Lipinski definition) is 2. The van der Waals surface area contributed by atoms with Gasteiger partial charge >= 0.3 is 17.1 Å². The van der Waals surface area contributed by atoms with Gasteiger partial charge < -0.3 is 31.3 Å². The van der Waals surface area contributed by atoms with Gasteiger partial charge in [0, 0.05) is 0 Å². The predicted octanol–water partition coefficient (Wildman–Crippen LogP) is 1.96. The standard InChI is InChI=1S/2C11H21NO2.Cu/c2*12-10-8-6-4-2-1-3-5-7-9-11(13)14;/h2*7,9H,1-6,8,10,12H2,(H,13,14);/q;;+2/p-2. The Morgan fingerprint density at radius 2 is 0.828 bits per heavy atom. The third-order valence-corrected chi connectivity index (χ3v) is 4.16. The van der Waals surface area contributed by atoms with Crippen LogP contribution in [0.3, 0.4) is 0 Å². The van der Waals surface area contributed by atoms with E-state index in [1.165, 1.54) is 51.4 Å². The summed E-state index contributed by atoms with van der Waals surface area (Å²) < 4.78 is 0. The number of carbonyl (C=O) groups is 2. The minimum atomic E-state index is -1.10. The SMILES string of the molecule is NCCCCCCCCC=CC(=O)[O-].NCCCCCCCCC=CC(=O)[O-].[Cu+2]. The van der Waals surface area contributed by atoms with E-state index < -0.39 is 11.9 Å². The summed E-state index contributed by atoms with van der Waals surface area (Å²) in [6, 6.07) is 0. The van der Waals surface area contributed by atoms with Gasteiger partial charge in [-0.05, 0) is 63.8 Å². The summed E-state index contributed by atoms with van der Waals surface area (Å²) in [6.45, 7) is 1.57. The van der Waals surface area contributed by atoms with E-state index in [0.29, 0.717) is 0 Å². The van der Waals surface area contributed by atoms with Crippen LogP contribution in [0.2, 0.25) is 0 Å². The minimum absolute atomic E-state index is 0. The Morgan fingerprint density at radius 3 is 1.10 bits per heavy atom. The molecule has 0 amide bonds. The second-order valence-corrected chi connectivity index (χ2v) is 6.84. The quantitative estimate of drug-likeness (QED) is 0.183. The first-order valence-corrected chi connectivity index (χ1v) is 10.7. The average Bonchev–Trinajstić information content (AvgIpc) is 2.65. The molecular formula is C22H40CuN2O4. The fourth-order valence-corrected chi connectivity index (χ4v) is 2.59. The maximum absolute atomic E-state index is 10.00. The molecule has 0 aromatic heterocycles. The van der Waals surface area contributed by atoms with E-state index >= 15 is 0 Å². The molecule has 0 aromatic rings. The molecule has 0 heterocycles. The van der Waals surface area contributed by atoms with Crippen LogP contribution in [-0.2, 0) is 26.7 Å². The van der Waals surface area contributed by atoms with Crippen molar-refractivity contribution in [2.24, 2.45) is 11.5 Å². The summed E-state index contributed by atoms with van der Waals surface area (Å²) in [7, 11) is 0. The van der Waals surface area contributed by atoms with Crippen molar-refractivity contribution in [3.8, 4) is 0 Å². The van der Waals surface area contributed by atoms with Crippen molar-refractivity contribution in [3.05, 3.63) is 24.3 Å². The molecule has 0 unspecified atom stereocenters. The number of rotatable bonds is 18. The smallest absolute Gasteiger partial charge is 0.545 e. The molecule has 0 saturated heterocycles. The van der Waals surface area contributed by atoms with E-state index in [2.05, 4.69) is 0 Å². The van der Waals surface area contributed by atoms with Gasteiger partial charge in [0.2, 0.25) is 0 Å². The second kappa shape index (κ2) is 29.1. The Kier molecular flexibility index (Phi) is 32.6. The number of carboxylic acid groups (broad SMARTS) is 2. The molecule has 0 aliphatic heterocycles. The van der Waals surface area contributed by atoms with Crippen LogP contribution >= 0.6 is 0 Å². The zero-order valence-corrected chi connectivity index (χ0v) is 18.7. The van der Waals surface area contributed by atoms with Gasteiger partial charge in [0.15, 0.2) is 0 Å². The van der Waals surface area contributed by atoms with Crippen LogP contribution in [0.4, 0.5) is 0 Å². The van der Waals surface area contributed by atoms with Crippen molar-refractivity contribution in [1.29, 1.82) is 0 Å². The maximum Gasteiger partial charge on any atom is 2.00 e.